The van der Waals surface area contributed by atoms with Crippen LogP contribution >= 0.6 is 0 Å². The molecule has 0 N–H and O–H groups in total. The van der Waals surface area contributed by atoms with Gasteiger partial charge in [-0.15, -0.1) is 0 Å². The van der Waals surface area contributed by atoms with Gasteiger partial charge in [0.1, 0.15) is 0 Å². The fraction of sp³-hybridized carbons (Fsp3) is 0.594. The van der Waals surface area contributed by atoms with Gasteiger partial charge >= 0.3 is 12.4 Å². The number of alkyl halides is 6. The van der Waals surface area contributed by atoms with Crippen LogP contribution in [0.4, 0.5) is 26.3 Å². The lowest BCUT2D eigenvalue weighted by Gasteiger charge is -2.39. The lowest BCUT2D eigenvalue weighted by molar-refractivity contribution is -0.191. The van der Waals surface area contributed by atoms with Gasteiger partial charge in [0.05, 0.1) is 16.9 Å². The first-order chi connectivity index (χ1) is 18.8. The third-order valence-electron chi connectivity index (χ3n) is 9.05. The molecule has 8 heteroatoms. The molecule has 2 saturated carbocycles. The number of nitrogens with zero attached hydrogens (tertiary/aromatic N) is 2. The molecule has 0 saturated heterocycles. The summed E-state index contributed by atoms with van der Waals surface area (Å²) in [5, 5.41) is 7.32. The average molecular weight is 567 g/mol. The summed E-state index contributed by atoms with van der Waals surface area (Å²) in [5.74, 6) is 0. The molecule has 4 rings (SSSR count). The highest BCUT2D eigenvalue weighted by Gasteiger charge is 2.60. The minimum Gasteiger partial charge on any atom is -0.299 e. The van der Waals surface area contributed by atoms with Crippen molar-refractivity contribution in [2.24, 2.45) is 0 Å². The van der Waals surface area contributed by atoms with Gasteiger partial charge in [-0.25, -0.2) is 0 Å². The predicted molar refractivity (Wildman–Crippen MR) is 146 cm³/mol. The van der Waals surface area contributed by atoms with E-state index in [1.165, 1.54) is 25.1 Å². The van der Waals surface area contributed by atoms with Gasteiger partial charge in [-0.05, 0) is 74.8 Å². The first kappa shape index (κ1) is 32.0. The minimum absolute atomic E-state index is 0.0167. The summed E-state index contributed by atoms with van der Waals surface area (Å²) < 4.78 is 88.0. The van der Waals surface area contributed by atoms with Gasteiger partial charge in [-0.3, -0.25) is 4.90 Å². The quantitative estimate of drug-likeness (QED) is 0.298. The molecule has 1 unspecified atom stereocenters. The fourth-order valence-electron chi connectivity index (χ4n) is 6.72. The SMILES string of the molecule is CC#N.CC(CCc1c(C2(C(F)(F)F)CCCC2)cccc1C1(C(F)(F)F)CCCC1)N(C)Cc1ccccc1. The molecule has 2 aromatic carbocycles. The molecule has 2 fully saturated rings. The van der Waals surface area contributed by atoms with Crippen LogP contribution in [0.2, 0.25) is 0 Å². The summed E-state index contributed by atoms with van der Waals surface area (Å²) in [6.07, 6.45) is -6.84. The fourth-order valence-corrected chi connectivity index (χ4v) is 6.72. The van der Waals surface area contributed by atoms with Crippen molar-refractivity contribution in [3.8, 4) is 6.07 Å². The zero-order valence-electron chi connectivity index (χ0n) is 23.6. The third kappa shape index (κ3) is 6.51. The molecule has 0 aliphatic heterocycles. The summed E-state index contributed by atoms with van der Waals surface area (Å²) in [4.78, 5) is 2.11. The van der Waals surface area contributed by atoms with Crippen LogP contribution in [0.15, 0.2) is 48.5 Å². The number of nitriles is 1. The summed E-state index contributed by atoms with van der Waals surface area (Å²) in [7, 11) is 1.95. The van der Waals surface area contributed by atoms with Gasteiger partial charge in [0.15, 0.2) is 0 Å². The molecule has 40 heavy (non-hydrogen) atoms. The molecule has 0 amide bonds. The van der Waals surface area contributed by atoms with Crippen molar-refractivity contribution < 1.29 is 26.3 Å². The van der Waals surface area contributed by atoms with Crippen molar-refractivity contribution in [3.05, 3.63) is 70.8 Å². The van der Waals surface area contributed by atoms with Crippen molar-refractivity contribution in [2.45, 2.75) is 114 Å². The topological polar surface area (TPSA) is 27.0 Å². The maximum absolute atomic E-state index is 14.7. The number of rotatable bonds is 8. The Balaban J connectivity index is 0.00000141. The van der Waals surface area contributed by atoms with E-state index in [4.69, 9.17) is 5.26 Å². The summed E-state index contributed by atoms with van der Waals surface area (Å²) in [6, 6.07) is 16.0. The Labute approximate surface area is 234 Å². The van der Waals surface area contributed by atoms with Gasteiger partial charge in [0.2, 0.25) is 0 Å². The molecule has 0 aromatic heterocycles. The highest BCUT2D eigenvalue weighted by molar-refractivity contribution is 5.47. The highest BCUT2D eigenvalue weighted by Crippen LogP contribution is 2.57. The second-order valence-electron chi connectivity index (χ2n) is 11.4. The van der Waals surface area contributed by atoms with E-state index in [-0.39, 0.29) is 49.3 Å². The molecule has 0 heterocycles. The Morgan fingerprint density at radius 1 is 0.800 bits per heavy atom. The number of hydrogen-bond donors (Lipinski definition) is 0. The molecule has 0 bridgehead atoms. The monoisotopic (exact) mass is 566 g/mol. The zero-order chi connectivity index (χ0) is 29.6. The van der Waals surface area contributed by atoms with Crippen LogP contribution in [0.1, 0.15) is 93.9 Å². The predicted octanol–water partition coefficient (Wildman–Crippen LogP) is 9.42. The Morgan fingerprint density at radius 3 is 1.62 bits per heavy atom. The van der Waals surface area contributed by atoms with Crippen molar-refractivity contribution >= 4 is 0 Å². The van der Waals surface area contributed by atoms with E-state index in [0.29, 0.717) is 44.2 Å². The molecule has 2 aliphatic rings. The summed E-state index contributed by atoms with van der Waals surface area (Å²) in [5.41, 5.74) is -2.55. The summed E-state index contributed by atoms with van der Waals surface area (Å²) in [6.45, 7) is 4.09. The Hall–Kier alpha value is -2.53. The Bertz CT molecular complexity index is 1070. The molecule has 220 valence electrons. The normalized spacial score (nSPS) is 19.1. The summed E-state index contributed by atoms with van der Waals surface area (Å²) >= 11 is 0. The van der Waals surface area contributed by atoms with Crippen molar-refractivity contribution in [1.82, 2.24) is 4.90 Å². The second-order valence-corrected chi connectivity index (χ2v) is 11.4. The average Bonchev–Trinajstić information content (AvgIpc) is 3.59. The molecule has 1 atom stereocenters. The number of benzene rings is 2. The Kier molecular flexibility index (Phi) is 10.4. The first-order valence-electron chi connectivity index (χ1n) is 14.1. The van der Waals surface area contributed by atoms with Crippen LogP contribution in [0.3, 0.4) is 0 Å². The lowest BCUT2D eigenvalue weighted by Crippen LogP contribution is -2.44. The highest BCUT2D eigenvalue weighted by atomic mass is 19.4. The maximum Gasteiger partial charge on any atom is 0.398 e. The minimum atomic E-state index is -4.51. The van der Waals surface area contributed by atoms with Gasteiger partial charge < -0.3 is 0 Å². The molecular weight excluding hydrogens is 526 g/mol. The van der Waals surface area contributed by atoms with E-state index in [1.54, 1.807) is 6.07 Å². The molecule has 2 nitrogen and oxygen atoms in total. The van der Waals surface area contributed by atoms with Gasteiger partial charge in [-0.2, -0.15) is 31.6 Å². The van der Waals surface area contributed by atoms with Gasteiger partial charge in [-0.1, -0.05) is 74.2 Å². The number of hydrogen-bond acceptors (Lipinski definition) is 2. The van der Waals surface area contributed by atoms with Crippen LogP contribution < -0.4 is 0 Å². The Morgan fingerprint density at radius 2 is 1.23 bits per heavy atom. The van der Waals surface area contributed by atoms with Gasteiger partial charge in [0, 0.05) is 19.5 Å². The standard InChI is InChI=1S/C30H37F6N.C2H3N/c1-22(37(2)21-23-11-4-3-5-12-23)15-16-24-25(27(29(31,32)33)17-6-7-18-27)13-10-14-26(24)28(30(34,35)36)19-8-9-20-28;1-2-3/h3-5,10-14,22H,6-9,15-21H2,1-2H3;1H3. The largest absolute Gasteiger partial charge is 0.398 e. The zero-order valence-corrected chi connectivity index (χ0v) is 23.6. The second kappa shape index (κ2) is 13.0. The van der Waals surface area contributed by atoms with Crippen LogP contribution in [-0.2, 0) is 23.8 Å². The number of halogens is 6. The maximum atomic E-state index is 14.7. The molecule has 2 aliphatic carbocycles. The molecule has 2 aromatic rings. The van der Waals surface area contributed by atoms with Crippen LogP contribution in [0.25, 0.3) is 0 Å². The first-order valence-corrected chi connectivity index (χ1v) is 14.1. The van der Waals surface area contributed by atoms with Gasteiger partial charge in [0.25, 0.3) is 0 Å². The molecule has 0 radical (unpaired) electrons. The van der Waals surface area contributed by atoms with Crippen molar-refractivity contribution in [2.75, 3.05) is 7.05 Å². The van der Waals surface area contributed by atoms with Crippen molar-refractivity contribution in [3.63, 3.8) is 0 Å². The smallest absolute Gasteiger partial charge is 0.299 e. The third-order valence-corrected chi connectivity index (χ3v) is 9.05. The lowest BCUT2D eigenvalue weighted by atomic mass is 9.68. The van der Waals surface area contributed by atoms with E-state index >= 15 is 0 Å². The van der Waals surface area contributed by atoms with Crippen LogP contribution in [0.5, 0.6) is 0 Å². The van der Waals surface area contributed by atoms with E-state index in [1.807, 2.05) is 44.3 Å². The van der Waals surface area contributed by atoms with Crippen LogP contribution in [0, 0.1) is 11.3 Å². The van der Waals surface area contributed by atoms with Crippen LogP contribution in [-0.4, -0.2) is 30.3 Å². The van der Waals surface area contributed by atoms with E-state index in [0.717, 1.165) is 5.56 Å². The van der Waals surface area contributed by atoms with E-state index in [2.05, 4.69) is 4.90 Å². The van der Waals surface area contributed by atoms with E-state index < -0.39 is 23.2 Å². The van der Waals surface area contributed by atoms with E-state index in [9.17, 15) is 26.3 Å². The molecular formula is C32H40F6N2. The molecule has 0 spiro atoms. The van der Waals surface area contributed by atoms with Crippen molar-refractivity contribution in [1.29, 1.82) is 5.26 Å².